The van der Waals surface area contributed by atoms with Gasteiger partial charge in [-0.3, -0.25) is 4.79 Å². The van der Waals surface area contributed by atoms with Gasteiger partial charge in [0.05, 0.1) is 5.69 Å². The van der Waals surface area contributed by atoms with Gasteiger partial charge in [-0.15, -0.1) is 5.10 Å². The molecule has 16 heavy (non-hydrogen) atoms. The lowest BCUT2D eigenvalue weighted by Crippen LogP contribution is -2.06. The first kappa shape index (κ1) is 12.9. The van der Waals surface area contributed by atoms with E-state index in [9.17, 15) is 4.79 Å². The molecule has 1 aromatic rings. The Labute approximate surface area is 97.0 Å². The summed E-state index contributed by atoms with van der Waals surface area (Å²) in [5.74, 6) is 0. The van der Waals surface area contributed by atoms with E-state index < -0.39 is 0 Å². The van der Waals surface area contributed by atoms with Crippen molar-refractivity contribution in [2.45, 2.75) is 58.9 Å². The van der Waals surface area contributed by atoms with Crippen molar-refractivity contribution in [2.75, 3.05) is 0 Å². The van der Waals surface area contributed by atoms with Crippen LogP contribution < -0.4 is 0 Å². The number of hydrogen-bond donors (Lipinski definition) is 0. The summed E-state index contributed by atoms with van der Waals surface area (Å²) in [6.45, 7) is 5.18. The predicted octanol–water partition coefficient (Wildman–Crippen LogP) is 2.62. The molecule has 0 aromatic carbocycles. The van der Waals surface area contributed by atoms with E-state index in [1.807, 2.05) is 4.68 Å². The lowest BCUT2D eigenvalue weighted by atomic mass is 10.2. The van der Waals surface area contributed by atoms with E-state index in [2.05, 4.69) is 24.2 Å². The van der Waals surface area contributed by atoms with Gasteiger partial charge < -0.3 is 0 Å². The zero-order valence-electron chi connectivity index (χ0n) is 10.3. The van der Waals surface area contributed by atoms with Gasteiger partial charge in [0, 0.05) is 6.54 Å². The Balaban J connectivity index is 2.57. The van der Waals surface area contributed by atoms with Gasteiger partial charge in [0.1, 0.15) is 5.69 Å². The number of rotatable bonds is 8. The van der Waals surface area contributed by atoms with Crippen LogP contribution >= 0.6 is 0 Å². The molecule has 0 atom stereocenters. The Bertz CT molecular complexity index is 320. The molecule has 1 heterocycles. The Morgan fingerprint density at radius 1 is 1.19 bits per heavy atom. The van der Waals surface area contributed by atoms with Crippen molar-refractivity contribution >= 4 is 6.29 Å². The smallest absolute Gasteiger partial charge is 0.172 e. The number of aryl methyl sites for hydroxylation is 1. The van der Waals surface area contributed by atoms with E-state index in [0.29, 0.717) is 5.69 Å². The lowest BCUT2D eigenvalue weighted by molar-refractivity contribution is 0.111. The highest BCUT2D eigenvalue weighted by atomic mass is 16.1. The van der Waals surface area contributed by atoms with Crippen LogP contribution in [-0.4, -0.2) is 21.3 Å². The molecular formula is C12H21N3O. The number of carbonyl (C=O) groups excluding carboxylic acids is 1. The first-order valence-electron chi connectivity index (χ1n) is 6.21. The zero-order valence-corrected chi connectivity index (χ0v) is 10.3. The van der Waals surface area contributed by atoms with Crippen LogP contribution in [0.1, 0.15) is 62.1 Å². The van der Waals surface area contributed by atoms with Crippen LogP contribution in [0.3, 0.4) is 0 Å². The molecule has 1 rings (SSSR count). The van der Waals surface area contributed by atoms with Gasteiger partial charge in [-0.1, -0.05) is 44.7 Å². The van der Waals surface area contributed by atoms with Crippen LogP contribution in [0.15, 0.2) is 0 Å². The van der Waals surface area contributed by atoms with Gasteiger partial charge in [0.15, 0.2) is 6.29 Å². The fourth-order valence-corrected chi connectivity index (χ4v) is 1.80. The van der Waals surface area contributed by atoms with E-state index >= 15 is 0 Å². The number of aldehydes is 1. The summed E-state index contributed by atoms with van der Waals surface area (Å²) in [7, 11) is 0. The van der Waals surface area contributed by atoms with E-state index in [4.69, 9.17) is 0 Å². The molecule has 0 aliphatic carbocycles. The van der Waals surface area contributed by atoms with E-state index in [-0.39, 0.29) is 0 Å². The maximum Gasteiger partial charge on any atom is 0.172 e. The lowest BCUT2D eigenvalue weighted by Gasteiger charge is -2.05. The summed E-state index contributed by atoms with van der Waals surface area (Å²) >= 11 is 0. The average Bonchev–Trinajstić information content (AvgIpc) is 2.68. The van der Waals surface area contributed by atoms with Crippen LogP contribution in [0.2, 0.25) is 0 Å². The summed E-state index contributed by atoms with van der Waals surface area (Å²) in [6.07, 6.45) is 7.54. The highest BCUT2D eigenvalue weighted by Crippen LogP contribution is 2.09. The average molecular weight is 223 g/mol. The molecule has 0 radical (unpaired) electrons. The van der Waals surface area contributed by atoms with Gasteiger partial charge in [-0.25, -0.2) is 4.68 Å². The quantitative estimate of drug-likeness (QED) is 0.503. The van der Waals surface area contributed by atoms with Crippen molar-refractivity contribution in [1.29, 1.82) is 0 Å². The topological polar surface area (TPSA) is 47.8 Å². The molecule has 4 nitrogen and oxygen atoms in total. The summed E-state index contributed by atoms with van der Waals surface area (Å²) in [4.78, 5) is 10.8. The maximum absolute atomic E-state index is 10.8. The van der Waals surface area contributed by atoms with Crippen LogP contribution in [0.25, 0.3) is 0 Å². The molecule has 0 N–H and O–H groups in total. The molecular weight excluding hydrogens is 202 g/mol. The summed E-state index contributed by atoms with van der Waals surface area (Å²) in [5.41, 5.74) is 1.51. The molecule has 0 spiro atoms. The standard InChI is InChI=1S/C12H21N3O/c1-3-5-6-7-9-15-12(8-4-2)11(10-16)13-14-15/h10H,3-9H2,1-2H3. The largest absolute Gasteiger partial charge is 0.296 e. The summed E-state index contributed by atoms with van der Waals surface area (Å²) < 4.78 is 1.89. The van der Waals surface area contributed by atoms with Gasteiger partial charge in [0.2, 0.25) is 0 Å². The van der Waals surface area contributed by atoms with Crippen molar-refractivity contribution in [3.8, 4) is 0 Å². The monoisotopic (exact) mass is 223 g/mol. The fraction of sp³-hybridized carbons (Fsp3) is 0.750. The molecule has 0 amide bonds. The fourth-order valence-electron chi connectivity index (χ4n) is 1.80. The van der Waals surface area contributed by atoms with Crippen LogP contribution in [0.4, 0.5) is 0 Å². The van der Waals surface area contributed by atoms with Gasteiger partial charge in [-0.05, 0) is 12.8 Å². The van der Waals surface area contributed by atoms with Crippen LogP contribution in [0.5, 0.6) is 0 Å². The SMILES string of the molecule is CCCCCCn1nnc(C=O)c1CCC. The highest BCUT2D eigenvalue weighted by molar-refractivity contribution is 5.73. The first-order valence-corrected chi connectivity index (χ1v) is 6.21. The van der Waals surface area contributed by atoms with Crippen molar-refractivity contribution in [1.82, 2.24) is 15.0 Å². The number of aromatic nitrogens is 3. The Morgan fingerprint density at radius 2 is 2.00 bits per heavy atom. The molecule has 90 valence electrons. The molecule has 0 unspecified atom stereocenters. The third-order valence-corrected chi connectivity index (χ3v) is 2.69. The molecule has 0 bridgehead atoms. The van der Waals surface area contributed by atoms with Crippen molar-refractivity contribution in [3.63, 3.8) is 0 Å². The van der Waals surface area contributed by atoms with Gasteiger partial charge >= 0.3 is 0 Å². The van der Waals surface area contributed by atoms with Gasteiger partial charge in [-0.2, -0.15) is 0 Å². The minimum atomic E-state index is 0.511. The second-order valence-corrected chi connectivity index (χ2v) is 4.07. The zero-order chi connectivity index (χ0) is 11.8. The van der Waals surface area contributed by atoms with Crippen molar-refractivity contribution in [3.05, 3.63) is 11.4 Å². The van der Waals surface area contributed by atoms with E-state index in [1.54, 1.807) is 0 Å². The number of nitrogens with zero attached hydrogens (tertiary/aromatic N) is 3. The molecule has 4 heteroatoms. The summed E-state index contributed by atoms with van der Waals surface area (Å²) in [5, 5.41) is 7.94. The van der Waals surface area contributed by atoms with Crippen molar-refractivity contribution < 1.29 is 4.79 Å². The van der Waals surface area contributed by atoms with Crippen molar-refractivity contribution in [2.24, 2.45) is 0 Å². The highest BCUT2D eigenvalue weighted by Gasteiger charge is 2.10. The third-order valence-electron chi connectivity index (χ3n) is 2.69. The molecule has 0 saturated heterocycles. The number of unbranched alkanes of at least 4 members (excludes halogenated alkanes) is 3. The molecule has 0 aliphatic rings. The van der Waals surface area contributed by atoms with Gasteiger partial charge in [0.25, 0.3) is 0 Å². The minimum absolute atomic E-state index is 0.511. The minimum Gasteiger partial charge on any atom is -0.296 e. The Kier molecular flexibility index (Phi) is 5.75. The molecule has 1 aromatic heterocycles. The molecule has 0 fully saturated rings. The third kappa shape index (κ3) is 3.43. The molecule has 0 saturated carbocycles. The Morgan fingerprint density at radius 3 is 2.62 bits per heavy atom. The summed E-state index contributed by atoms with van der Waals surface area (Å²) in [6, 6.07) is 0. The van der Waals surface area contributed by atoms with E-state index in [0.717, 1.165) is 37.8 Å². The second kappa shape index (κ2) is 7.14. The predicted molar refractivity (Wildman–Crippen MR) is 63.5 cm³/mol. The number of hydrogen-bond acceptors (Lipinski definition) is 3. The Hall–Kier alpha value is -1.19. The van der Waals surface area contributed by atoms with Crippen LogP contribution in [-0.2, 0) is 13.0 Å². The second-order valence-electron chi connectivity index (χ2n) is 4.07. The van der Waals surface area contributed by atoms with E-state index in [1.165, 1.54) is 19.3 Å². The maximum atomic E-state index is 10.8. The normalized spacial score (nSPS) is 10.6. The first-order chi connectivity index (χ1) is 7.83. The van der Waals surface area contributed by atoms with Crippen LogP contribution in [0, 0.1) is 0 Å². The number of carbonyl (C=O) groups is 1. The molecule has 0 aliphatic heterocycles.